The van der Waals surface area contributed by atoms with Crippen molar-refractivity contribution in [2.45, 2.75) is 52.1 Å². The maximum absolute atomic E-state index is 15.7. The molecule has 5 aromatic rings. The van der Waals surface area contributed by atoms with E-state index in [1.165, 1.54) is 9.13 Å². The summed E-state index contributed by atoms with van der Waals surface area (Å²) in [6, 6.07) is 7.24. The van der Waals surface area contributed by atoms with Crippen LogP contribution < -0.4 is 11.0 Å². The van der Waals surface area contributed by atoms with Gasteiger partial charge in [-0.1, -0.05) is 0 Å². The van der Waals surface area contributed by atoms with E-state index in [0.717, 1.165) is 42.6 Å². The average molecular weight is 516 g/mol. The van der Waals surface area contributed by atoms with Crippen molar-refractivity contribution in [3.63, 3.8) is 0 Å². The summed E-state index contributed by atoms with van der Waals surface area (Å²) in [5.41, 5.74) is 3.94. The van der Waals surface area contributed by atoms with Crippen molar-refractivity contribution in [1.82, 2.24) is 34.0 Å². The molecule has 194 valence electrons. The van der Waals surface area contributed by atoms with Crippen molar-refractivity contribution in [3.8, 4) is 17.2 Å². The smallest absolute Gasteiger partial charge is 0.312 e. The van der Waals surface area contributed by atoms with Gasteiger partial charge in [0.1, 0.15) is 11.6 Å². The summed E-state index contributed by atoms with van der Waals surface area (Å²) in [4.78, 5) is 13.8. The van der Waals surface area contributed by atoms with Gasteiger partial charge in [-0.15, -0.1) is 0 Å². The van der Waals surface area contributed by atoms with Gasteiger partial charge in [-0.25, -0.2) is 18.3 Å². The van der Waals surface area contributed by atoms with Crippen LogP contribution in [0.1, 0.15) is 47.7 Å². The largest absolute Gasteiger partial charge is 0.338 e. The van der Waals surface area contributed by atoms with E-state index in [-0.39, 0.29) is 11.5 Å². The highest BCUT2D eigenvalue weighted by atomic mass is 19.1. The normalized spacial score (nSPS) is 15.7. The summed E-state index contributed by atoms with van der Waals surface area (Å²) in [7, 11) is 0. The SMILES string of the molecule is Cc1cc(-n2nc3c(c2-n2ccn(-c4ccc5c(cnn5C5CCC5)c4F)c2=O)CNCC3)cc(C)c1F. The number of fused-ring (bicyclic) bond motifs is 2. The van der Waals surface area contributed by atoms with Crippen LogP contribution in [0.3, 0.4) is 0 Å². The minimum Gasteiger partial charge on any atom is -0.312 e. The van der Waals surface area contributed by atoms with Gasteiger partial charge in [-0.3, -0.25) is 13.8 Å². The molecule has 7 rings (SSSR count). The fraction of sp³-hybridized carbons (Fsp3) is 0.321. The highest BCUT2D eigenvalue weighted by Crippen LogP contribution is 2.35. The van der Waals surface area contributed by atoms with E-state index in [1.54, 1.807) is 55.3 Å². The maximum atomic E-state index is 15.7. The van der Waals surface area contributed by atoms with Crippen LogP contribution in [0.15, 0.2) is 47.7 Å². The summed E-state index contributed by atoms with van der Waals surface area (Å²) in [6.07, 6.45) is 8.71. The first-order valence-electron chi connectivity index (χ1n) is 13.0. The van der Waals surface area contributed by atoms with Crippen LogP contribution >= 0.6 is 0 Å². The minimum atomic E-state index is -0.477. The van der Waals surface area contributed by atoms with Crippen LogP contribution in [-0.2, 0) is 13.0 Å². The molecule has 0 unspecified atom stereocenters. The molecular weight excluding hydrogens is 488 g/mol. The van der Waals surface area contributed by atoms with Crippen molar-refractivity contribution in [2.75, 3.05) is 6.54 Å². The van der Waals surface area contributed by atoms with Crippen LogP contribution in [0.4, 0.5) is 8.78 Å². The minimum absolute atomic E-state index is 0.168. The van der Waals surface area contributed by atoms with Gasteiger partial charge < -0.3 is 5.32 Å². The van der Waals surface area contributed by atoms with E-state index in [4.69, 9.17) is 5.10 Å². The first kappa shape index (κ1) is 23.1. The Hall–Kier alpha value is -4.05. The van der Waals surface area contributed by atoms with Gasteiger partial charge in [0.25, 0.3) is 0 Å². The number of nitrogens with one attached hydrogen (secondary N) is 1. The van der Waals surface area contributed by atoms with E-state index >= 15 is 4.39 Å². The standard InChI is InChI=1S/C28H27F2N7O/c1-16-12-19(13-17(2)25(16)29)37-27(20-14-31-9-8-22(20)33-37)35-11-10-34(28(35)38)24-7-6-23-21(26(24)30)15-32-36(23)18-4-3-5-18/h6-7,10-13,15,18,31H,3-5,8-9,14H2,1-2H3. The Labute approximate surface area is 217 Å². The lowest BCUT2D eigenvalue weighted by Crippen LogP contribution is -2.27. The highest BCUT2D eigenvalue weighted by molar-refractivity contribution is 5.82. The van der Waals surface area contributed by atoms with Gasteiger partial charge in [0.15, 0.2) is 5.82 Å². The number of hydrogen-bond donors (Lipinski definition) is 1. The maximum Gasteiger partial charge on any atom is 0.338 e. The van der Waals surface area contributed by atoms with Crippen LogP contribution in [-0.4, -0.2) is 35.2 Å². The lowest BCUT2D eigenvalue weighted by molar-refractivity contribution is 0.297. The van der Waals surface area contributed by atoms with E-state index in [9.17, 15) is 9.18 Å². The number of benzene rings is 2. The second-order valence-corrected chi connectivity index (χ2v) is 10.3. The van der Waals surface area contributed by atoms with Crippen molar-refractivity contribution >= 4 is 10.9 Å². The third kappa shape index (κ3) is 3.32. The molecule has 4 heterocycles. The third-order valence-corrected chi connectivity index (χ3v) is 7.93. The first-order chi connectivity index (χ1) is 18.4. The molecule has 0 amide bonds. The molecule has 0 saturated heterocycles. The second kappa shape index (κ2) is 8.49. The highest BCUT2D eigenvalue weighted by Gasteiger charge is 2.27. The van der Waals surface area contributed by atoms with E-state index in [2.05, 4.69) is 10.4 Å². The molecule has 3 aromatic heterocycles. The first-order valence-corrected chi connectivity index (χ1v) is 13.0. The molecule has 2 aliphatic rings. The zero-order chi connectivity index (χ0) is 26.1. The molecule has 1 saturated carbocycles. The molecule has 2 aromatic carbocycles. The average Bonchev–Trinajstić information content (AvgIpc) is 3.57. The van der Waals surface area contributed by atoms with Gasteiger partial charge in [-0.05, 0) is 68.5 Å². The number of halogens is 2. The molecule has 10 heteroatoms. The fourth-order valence-electron chi connectivity index (χ4n) is 5.67. The number of aryl methyl sites for hydroxylation is 2. The van der Waals surface area contributed by atoms with Gasteiger partial charge in [-0.2, -0.15) is 10.2 Å². The van der Waals surface area contributed by atoms with E-state index in [1.807, 2.05) is 10.7 Å². The third-order valence-electron chi connectivity index (χ3n) is 7.93. The van der Waals surface area contributed by atoms with E-state index in [0.29, 0.717) is 47.0 Å². The Balaban J connectivity index is 1.38. The quantitative estimate of drug-likeness (QED) is 0.384. The summed E-state index contributed by atoms with van der Waals surface area (Å²) in [6.45, 7) is 4.75. The zero-order valence-electron chi connectivity index (χ0n) is 21.2. The van der Waals surface area contributed by atoms with Crippen molar-refractivity contribution in [2.24, 2.45) is 0 Å². The van der Waals surface area contributed by atoms with Crippen LogP contribution in [0.2, 0.25) is 0 Å². The molecular formula is C28H27F2N7O. The number of rotatable bonds is 4. The molecule has 8 nitrogen and oxygen atoms in total. The van der Waals surface area contributed by atoms with Crippen molar-refractivity contribution < 1.29 is 8.78 Å². The van der Waals surface area contributed by atoms with Crippen LogP contribution in [0.5, 0.6) is 0 Å². The Kier molecular flexibility index (Phi) is 5.16. The lowest BCUT2D eigenvalue weighted by Gasteiger charge is -2.26. The molecule has 0 spiro atoms. The lowest BCUT2D eigenvalue weighted by atomic mass is 9.93. The van der Waals surface area contributed by atoms with Crippen molar-refractivity contribution in [3.05, 3.63) is 87.4 Å². The monoisotopic (exact) mass is 515 g/mol. The topological polar surface area (TPSA) is 74.6 Å². The van der Waals surface area contributed by atoms with Crippen LogP contribution in [0, 0.1) is 25.5 Å². The number of nitrogens with zero attached hydrogens (tertiary/aromatic N) is 6. The number of hydrogen-bond acceptors (Lipinski definition) is 4. The van der Waals surface area contributed by atoms with Crippen LogP contribution in [0.25, 0.3) is 28.1 Å². The summed E-state index contributed by atoms with van der Waals surface area (Å²) >= 11 is 0. The molecule has 1 aliphatic carbocycles. The van der Waals surface area contributed by atoms with Gasteiger partial charge >= 0.3 is 5.69 Å². The molecule has 1 N–H and O–H groups in total. The van der Waals surface area contributed by atoms with Gasteiger partial charge in [0, 0.05) is 37.5 Å². The second-order valence-electron chi connectivity index (χ2n) is 10.3. The predicted octanol–water partition coefficient (Wildman–Crippen LogP) is 4.43. The molecule has 38 heavy (non-hydrogen) atoms. The Morgan fingerprint density at radius 1 is 1.03 bits per heavy atom. The molecule has 1 fully saturated rings. The molecule has 1 aliphatic heterocycles. The van der Waals surface area contributed by atoms with E-state index < -0.39 is 11.5 Å². The summed E-state index contributed by atoms with van der Waals surface area (Å²) in [5.74, 6) is -0.167. The van der Waals surface area contributed by atoms with Gasteiger partial charge in [0.2, 0.25) is 0 Å². The molecule has 0 atom stereocenters. The fourth-order valence-corrected chi connectivity index (χ4v) is 5.67. The van der Waals surface area contributed by atoms with Gasteiger partial charge in [0.05, 0.1) is 40.2 Å². The summed E-state index contributed by atoms with van der Waals surface area (Å²) < 4.78 is 36.6. The predicted molar refractivity (Wildman–Crippen MR) is 139 cm³/mol. The number of aromatic nitrogens is 6. The Morgan fingerprint density at radius 3 is 2.53 bits per heavy atom. The van der Waals surface area contributed by atoms with Crippen molar-refractivity contribution in [1.29, 1.82) is 0 Å². The summed E-state index contributed by atoms with van der Waals surface area (Å²) in [5, 5.41) is 13.0. The number of imidazole rings is 1. The molecule has 0 radical (unpaired) electrons. The molecule has 0 bridgehead atoms. The Morgan fingerprint density at radius 2 is 1.79 bits per heavy atom. The zero-order valence-corrected chi connectivity index (χ0v) is 21.2. The Bertz CT molecular complexity index is 1760.